The molecule has 0 amide bonds. The molecule has 0 N–H and O–H groups in total. The molecule has 15 aromatic rings. The Labute approximate surface area is 811 Å². The molecule has 1 fully saturated rings. The minimum atomic E-state index is -0.364. The van der Waals surface area contributed by atoms with Crippen molar-refractivity contribution >= 4 is 92.0 Å². The summed E-state index contributed by atoms with van der Waals surface area (Å²) < 4.78 is 0. The monoisotopic (exact) mass is 2410 g/mol. The summed E-state index contributed by atoms with van der Waals surface area (Å²) in [5, 5.41) is 8.04. The molecule has 4 aliphatic heterocycles. The Kier molecular flexibility index (Phi) is 29.8. The Morgan fingerprint density at radius 2 is 0.612 bits per heavy atom. The van der Waals surface area contributed by atoms with Crippen molar-refractivity contribution in [2.45, 2.75) is 147 Å². The van der Waals surface area contributed by atoms with Crippen LogP contribution in [-0.4, -0.2) is 70.0 Å². The van der Waals surface area contributed by atoms with Crippen LogP contribution in [0.2, 0.25) is 0 Å². The van der Waals surface area contributed by atoms with Crippen molar-refractivity contribution in [2.75, 3.05) is 39.2 Å². The van der Waals surface area contributed by atoms with Crippen molar-refractivity contribution in [1.82, 2.24) is 70.0 Å². The average molecular weight is 2410 g/mol. The Morgan fingerprint density at radius 1 is 0.271 bits per heavy atom. The second-order valence-electron chi connectivity index (χ2n) is 34.5. The molecule has 0 atom stereocenters. The number of hydrogen-bond acceptors (Lipinski definition) is 22. The van der Waals surface area contributed by atoms with Gasteiger partial charge in [-0.1, -0.05) is 169 Å². The number of benzene rings is 8. The minimum Gasteiger partial charge on any atom is -0.477 e. The molecule has 22 nitrogen and oxygen atoms in total. The van der Waals surface area contributed by atoms with Gasteiger partial charge in [-0.25, -0.2) is 49.8 Å². The van der Waals surface area contributed by atoms with Crippen LogP contribution in [0.4, 0.5) is 92.0 Å². The fraction of sp³-hybridized carbons (Fsp3) is 0.223. The Morgan fingerprint density at radius 3 is 0.938 bits per heavy atom. The maximum Gasteiger partial charge on any atom is 0.145 e. The summed E-state index contributed by atoms with van der Waals surface area (Å²) in [6.45, 7) is 34.5. The Balaban J connectivity index is 0.000000146. The first kappa shape index (κ1) is 94.9. The third kappa shape index (κ3) is 19.1. The van der Waals surface area contributed by atoms with Crippen LogP contribution >= 0.6 is 0 Å². The van der Waals surface area contributed by atoms with Gasteiger partial charge in [0.2, 0.25) is 0 Å². The summed E-state index contributed by atoms with van der Waals surface area (Å²) >= 11 is 0. The summed E-state index contributed by atoms with van der Waals surface area (Å²) in [5.41, 5.74) is 12.8. The van der Waals surface area contributed by atoms with Gasteiger partial charge in [0.05, 0.1) is 65.1 Å². The van der Waals surface area contributed by atoms with Crippen molar-refractivity contribution in [1.29, 1.82) is 0 Å². The third-order valence-electron chi connectivity index (χ3n) is 25.8. The van der Waals surface area contributed by atoms with Gasteiger partial charge in [0, 0.05) is 173 Å². The van der Waals surface area contributed by atoms with Crippen LogP contribution in [0.5, 0.6) is 0 Å². The Bertz CT molecular complexity index is 5660. The largest absolute Gasteiger partial charge is 0.477 e. The number of para-hydroxylation sites is 8. The van der Waals surface area contributed by atoms with E-state index in [-0.39, 0.29) is 113 Å². The molecule has 0 saturated heterocycles. The number of aromatic nitrogens is 14. The smallest absolute Gasteiger partial charge is 0.145 e. The van der Waals surface area contributed by atoms with Gasteiger partial charge in [0.25, 0.3) is 0 Å². The summed E-state index contributed by atoms with van der Waals surface area (Å²) in [6, 6.07) is 89.8. The van der Waals surface area contributed by atoms with Crippen LogP contribution in [0.15, 0.2) is 299 Å². The first-order valence-corrected chi connectivity index (χ1v) is 42.2. The van der Waals surface area contributed by atoms with Gasteiger partial charge in [-0.15, -0.1) is 49.4 Å². The molecule has 20 rings (SSSR count). The topological polar surface area (TPSA) is 206 Å². The van der Waals surface area contributed by atoms with Gasteiger partial charge in [-0.3, -0.25) is 9.97 Å². The normalized spacial score (nSPS) is 14.0. The fourth-order valence-electron chi connectivity index (χ4n) is 15.9. The molecule has 0 bridgehead atoms. The van der Waals surface area contributed by atoms with Crippen LogP contribution in [-0.2, 0) is 113 Å². The van der Waals surface area contributed by atoms with E-state index in [1.165, 1.54) is 25.7 Å². The van der Waals surface area contributed by atoms with E-state index in [2.05, 4.69) is 228 Å². The molecule has 664 valence electrons. The molecule has 0 spiro atoms. The van der Waals surface area contributed by atoms with E-state index < -0.39 is 0 Å². The van der Waals surface area contributed by atoms with E-state index in [9.17, 15) is 0 Å². The van der Waals surface area contributed by atoms with E-state index in [0.29, 0.717) is 5.92 Å². The first-order valence-electron chi connectivity index (χ1n) is 42.2. The number of anilines is 16. The Hall–Kier alpha value is -11.7. The van der Waals surface area contributed by atoms with Gasteiger partial charge in [0.15, 0.2) is 0 Å². The molecule has 26 heteroatoms. The molecule has 4 radical (unpaired) electrons. The SMILES string of the molecule is CC(C)(c1ccncn1)C(C)(C)c1cnc2c(n1)N(c1[c-]cccc1)[CH-]N2c1ccccc1.CC(C)(c1ccnnc1)C(C)(C)c1cnc2c(n1)N(c1[c-]cccc1)[CH-]N2c1ccccc1.CC(C)(c1cnccn1)C(C)(C)c1cnc2c(n1)N(c1[c-]cccc1)[CH-]N2c1ccccc1.[Ir].[Ir].[Ir].[Ir].[c-]1ccccc1N1[CH-]N(c2ccccc2)c2ncc(C3CCCC3)nc21. The van der Waals surface area contributed by atoms with Crippen LogP contribution in [0.25, 0.3) is 0 Å². The predicted molar refractivity (Wildman–Crippen MR) is 495 cm³/mol. The predicted octanol–water partition coefficient (Wildman–Crippen LogP) is 22.5. The number of rotatable bonds is 18. The molecule has 8 aromatic carbocycles. The standard InChI is InChI=1S/3C27H26N6.C22H20N4.4Ir/c1-26(2,20-15-16-29-30-17-20)27(3,4)23-18-28-24-25(31-23)33(22-13-9-6-10-14-22)19-32(24)21-11-7-5-8-12-21;1-26(2,22-17-28-15-16-29-22)27(3,4)23-18-30-24-25(31-23)33(21-13-9-6-10-14-21)19-32(24)20-11-7-5-8-12-20;1-26(2,22-15-16-28-18-30-22)27(3,4)23-17-29-24-25(31-23)33(21-13-9-6-10-14-21)19-32(24)20-11-7-5-8-12-20;1-3-11-18(12-4-1)25-16-26(19-13-5-2-6-14-19)22-21(25)23-15-20(24-22)17-9-7-8-10-17;;;;/h3*5-13,15-19H,1-4H3;1-6,11-13,15-17H,7-10H2;;;;/q4*-2;;;;. The molecule has 11 heterocycles. The van der Waals surface area contributed by atoms with Crippen molar-refractivity contribution < 1.29 is 80.4 Å². The molecule has 1 aliphatic carbocycles. The quantitative estimate of drug-likeness (QED) is 0.0732. The van der Waals surface area contributed by atoms with E-state index in [1.807, 2.05) is 243 Å². The summed E-state index contributed by atoms with van der Waals surface area (Å²) in [6.07, 6.45) is 24.9. The first-order chi connectivity index (χ1) is 60.6. The van der Waals surface area contributed by atoms with Crippen LogP contribution < -0.4 is 39.2 Å². The van der Waals surface area contributed by atoms with Crippen molar-refractivity contribution in [3.05, 3.63) is 389 Å². The van der Waals surface area contributed by atoms with Crippen molar-refractivity contribution in [3.8, 4) is 0 Å². The molecular formula is C103H98Ir4N22-8. The van der Waals surface area contributed by atoms with Crippen LogP contribution in [0.3, 0.4) is 0 Å². The summed E-state index contributed by atoms with van der Waals surface area (Å²) in [5.74, 6) is 7.02. The number of hydrogen-bond donors (Lipinski definition) is 0. The molecular weight excluding hydrogens is 2310 g/mol. The second kappa shape index (κ2) is 40.5. The maximum absolute atomic E-state index is 5.18. The zero-order valence-electron chi connectivity index (χ0n) is 73.7. The third-order valence-corrected chi connectivity index (χ3v) is 25.8. The second-order valence-corrected chi connectivity index (χ2v) is 34.5. The molecule has 0 unspecified atom stereocenters. The minimum absolute atomic E-state index is 0. The van der Waals surface area contributed by atoms with E-state index in [0.717, 1.165) is 132 Å². The van der Waals surface area contributed by atoms with Gasteiger partial charge < -0.3 is 39.2 Å². The zero-order chi connectivity index (χ0) is 86.5. The van der Waals surface area contributed by atoms with Crippen molar-refractivity contribution in [3.63, 3.8) is 0 Å². The fourth-order valence-corrected chi connectivity index (χ4v) is 15.9. The van der Waals surface area contributed by atoms with E-state index in [1.54, 1.807) is 31.1 Å². The van der Waals surface area contributed by atoms with Gasteiger partial charge in [0.1, 0.15) is 52.9 Å². The van der Waals surface area contributed by atoms with Crippen molar-refractivity contribution in [2.24, 2.45) is 0 Å². The van der Waals surface area contributed by atoms with Gasteiger partial charge >= 0.3 is 0 Å². The van der Waals surface area contributed by atoms with Crippen LogP contribution in [0, 0.1) is 50.9 Å². The van der Waals surface area contributed by atoms with E-state index >= 15 is 0 Å². The number of nitrogens with zero attached hydrogens (tertiary/aromatic N) is 22. The zero-order valence-corrected chi connectivity index (χ0v) is 83.3. The van der Waals surface area contributed by atoms with Gasteiger partial charge in [-0.2, -0.15) is 132 Å². The van der Waals surface area contributed by atoms with Gasteiger partial charge in [-0.05, 0) is 79.1 Å². The number of fused-ring (bicyclic) bond motifs is 4. The maximum atomic E-state index is 5.18. The van der Waals surface area contributed by atoms with E-state index in [4.69, 9.17) is 39.9 Å². The van der Waals surface area contributed by atoms with Crippen LogP contribution in [0.1, 0.15) is 154 Å². The molecule has 1 saturated carbocycles. The molecule has 7 aromatic heterocycles. The summed E-state index contributed by atoms with van der Waals surface area (Å²) in [4.78, 5) is 74.2. The molecule has 5 aliphatic rings. The molecule has 129 heavy (non-hydrogen) atoms. The summed E-state index contributed by atoms with van der Waals surface area (Å²) in [7, 11) is 0. The average Bonchev–Trinajstić information content (AvgIpc) is 1.57.